The molecule has 1 aliphatic heterocycles. The van der Waals surface area contributed by atoms with E-state index >= 15 is 0 Å². The van der Waals surface area contributed by atoms with Crippen LogP contribution in [-0.4, -0.2) is 11.9 Å². The molecule has 11 heavy (non-hydrogen) atoms. The summed E-state index contributed by atoms with van der Waals surface area (Å²) in [4.78, 5) is 2.05. The molecule has 0 aliphatic carbocycles. The summed E-state index contributed by atoms with van der Waals surface area (Å²) < 4.78 is 0. The molecule has 1 aliphatic rings. The van der Waals surface area contributed by atoms with Gasteiger partial charge in [-0.2, -0.15) is 0 Å². The first-order chi connectivity index (χ1) is 5.24. The molecule has 60 valence electrons. The molecule has 0 unspecified atom stereocenters. The van der Waals surface area contributed by atoms with E-state index in [1.54, 1.807) is 0 Å². The van der Waals surface area contributed by atoms with Gasteiger partial charge in [-0.3, -0.25) is 0 Å². The lowest BCUT2D eigenvalue weighted by Crippen LogP contribution is -2.03. The van der Waals surface area contributed by atoms with Crippen LogP contribution >= 0.6 is 0 Å². The molecule has 0 aromatic carbocycles. The molecule has 0 saturated heterocycles. The van der Waals surface area contributed by atoms with Crippen molar-refractivity contribution >= 4 is 0 Å². The molecule has 1 heteroatoms. The van der Waals surface area contributed by atoms with Crippen molar-refractivity contribution in [3.8, 4) is 0 Å². The van der Waals surface area contributed by atoms with Crippen LogP contribution in [0.2, 0.25) is 0 Å². The van der Waals surface area contributed by atoms with Crippen LogP contribution in [0, 0.1) is 0 Å². The topological polar surface area (TPSA) is 3.24 Å². The molecule has 1 nitrogen and oxygen atoms in total. The van der Waals surface area contributed by atoms with E-state index in [4.69, 9.17) is 0 Å². The number of hydrogen-bond donors (Lipinski definition) is 0. The highest BCUT2D eigenvalue weighted by molar-refractivity contribution is 5.37. The Labute approximate surface area is 68.7 Å². The molecule has 0 saturated carbocycles. The van der Waals surface area contributed by atoms with Crippen LogP contribution in [0.15, 0.2) is 35.7 Å². The zero-order chi connectivity index (χ0) is 8.27. The lowest BCUT2D eigenvalue weighted by molar-refractivity contribution is 0.619. The third-order valence-corrected chi connectivity index (χ3v) is 2.00. The van der Waals surface area contributed by atoms with Gasteiger partial charge in [0.25, 0.3) is 0 Å². The van der Waals surface area contributed by atoms with Gasteiger partial charge >= 0.3 is 0 Å². The molecule has 0 bridgehead atoms. The summed E-state index contributed by atoms with van der Waals surface area (Å²) in [7, 11) is 2.03. The zero-order valence-corrected chi connectivity index (χ0v) is 7.46. The number of rotatable bonds is 1. The SMILES string of the molecule is CCC(C)=C1C=CN(C)C=C1. The van der Waals surface area contributed by atoms with Crippen molar-refractivity contribution in [2.75, 3.05) is 7.05 Å². The summed E-state index contributed by atoms with van der Waals surface area (Å²) in [5.74, 6) is 0. The van der Waals surface area contributed by atoms with Crippen LogP contribution in [0.1, 0.15) is 20.3 Å². The summed E-state index contributed by atoms with van der Waals surface area (Å²) in [6, 6.07) is 0. The first-order valence-electron chi connectivity index (χ1n) is 4.02. The minimum Gasteiger partial charge on any atom is -0.357 e. The van der Waals surface area contributed by atoms with E-state index in [1.165, 1.54) is 11.1 Å². The maximum absolute atomic E-state index is 2.18. The van der Waals surface area contributed by atoms with Crippen molar-refractivity contribution in [2.24, 2.45) is 0 Å². The normalized spacial score (nSPS) is 15.9. The fourth-order valence-corrected chi connectivity index (χ4v) is 0.990. The Morgan fingerprint density at radius 1 is 1.36 bits per heavy atom. The van der Waals surface area contributed by atoms with Gasteiger partial charge in [0.1, 0.15) is 0 Å². The Balaban J connectivity index is 2.79. The van der Waals surface area contributed by atoms with Crippen molar-refractivity contribution < 1.29 is 0 Å². The molecule has 0 aromatic heterocycles. The quantitative estimate of drug-likeness (QED) is 0.554. The van der Waals surface area contributed by atoms with E-state index in [1.807, 2.05) is 11.9 Å². The fraction of sp³-hybridized carbons (Fsp3) is 0.400. The molecule has 0 N–H and O–H groups in total. The van der Waals surface area contributed by atoms with E-state index in [0.29, 0.717) is 0 Å². The van der Waals surface area contributed by atoms with Gasteiger partial charge in [0.15, 0.2) is 0 Å². The summed E-state index contributed by atoms with van der Waals surface area (Å²) in [5.41, 5.74) is 2.80. The van der Waals surface area contributed by atoms with Gasteiger partial charge in [-0.15, -0.1) is 0 Å². The number of allylic oxidation sites excluding steroid dienone is 4. The highest BCUT2D eigenvalue weighted by Crippen LogP contribution is 2.14. The molecular formula is C10H15N. The predicted octanol–water partition coefficient (Wildman–Crippen LogP) is 2.69. The van der Waals surface area contributed by atoms with E-state index in [-0.39, 0.29) is 0 Å². The first kappa shape index (κ1) is 8.12. The summed E-state index contributed by atoms with van der Waals surface area (Å²) in [6.45, 7) is 4.36. The summed E-state index contributed by atoms with van der Waals surface area (Å²) in [5, 5.41) is 0. The minimum atomic E-state index is 1.13. The van der Waals surface area contributed by atoms with Gasteiger partial charge < -0.3 is 4.90 Å². The zero-order valence-electron chi connectivity index (χ0n) is 7.46. The second kappa shape index (κ2) is 3.42. The van der Waals surface area contributed by atoms with Crippen LogP contribution in [0.25, 0.3) is 0 Å². The Hall–Kier alpha value is -0.980. The summed E-state index contributed by atoms with van der Waals surface area (Å²) >= 11 is 0. The Morgan fingerprint density at radius 3 is 2.36 bits per heavy atom. The largest absolute Gasteiger partial charge is 0.357 e. The fourth-order valence-electron chi connectivity index (χ4n) is 0.990. The lowest BCUT2D eigenvalue weighted by Gasteiger charge is -2.13. The Kier molecular flexibility index (Phi) is 2.53. The molecule has 0 spiro atoms. The molecule has 0 atom stereocenters. The van der Waals surface area contributed by atoms with Gasteiger partial charge in [-0.1, -0.05) is 12.5 Å². The van der Waals surface area contributed by atoms with E-state index in [0.717, 1.165) is 6.42 Å². The van der Waals surface area contributed by atoms with Crippen LogP contribution in [-0.2, 0) is 0 Å². The second-order valence-corrected chi connectivity index (χ2v) is 2.89. The van der Waals surface area contributed by atoms with E-state index in [9.17, 15) is 0 Å². The van der Waals surface area contributed by atoms with Crippen molar-refractivity contribution in [3.63, 3.8) is 0 Å². The van der Waals surface area contributed by atoms with Gasteiger partial charge in [-0.05, 0) is 31.1 Å². The molecular weight excluding hydrogens is 134 g/mol. The van der Waals surface area contributed by atoms with Crippen LogP contribution in [0.4, 0.5) is 0 Å². The third-order valence-electron chi connectivity index (χ3n) is 2.00. The van der Waals surface area contributed by atoms with Crippen molar-refractivity contribution in [1.82, 2.24) is 4.90 Å². The molecule has 0 aromatic rings. The second-order valence-electron chi connectivity index (χ2n) is 2.89. The number of hydrogen-bond acceptors (Lipinski definition) is 1. The van der Waals surface area contributed by atoms with Crippen LogP contribution in [0.5, 0.6) is 0 Å². The van der Waals surface area contributed by atoms with Crippen molar-refractivity contribution in [3.05, 3.63) is 35.7 Å². The van der Waals surface area contributed by atoms with Gasteiger partial charge in [-0.25, -0.2) is 0 Å². The molecule has 1 heterocycles. The standard InChI is InChI=1S/C10H15N/c1-4-9(2)10-5-7-11(3)8-6-10/h5-8H,4H2,1-3H3. The lowest BCUT2D eigenvalue weighted by atomic mass is 10.1. The molecule has 0 fully saturated rings. The van der Waals surface area contributed by atoms with Gasteiger partial charge in [0.2, 0.25) is 0 Å². The first-order valence-corrected chi connectivity index (χ1v) is 4.02. The van der Waals surface area contributed by atoms with Crippen molar-refractivity contribution in [1.29, 1.82) is 0 Å². The highest BCUT2D eigenvalue weighted by atomic mass is 15.0. The highest BCUT2D eigenvalue weighted by Gasteiger charge is 1.97. The maximum atomic E-state index is 2.18. The van der Waals surface area contributed by atoms with E-state index < -0.39 is 0 Å². The summed E-state index contributed by atoms with van der Waals surface area (Å²) in [6.07, 6.45) is 9.59. The number of nitrogens with zero attached hydrogens (tertiary/aromatic N) is 1. The smallest absolute Gasteiger partial charge is 0.0106 e. The monoisotopic (exact) mass is 149 g/mol. The predicted molar refractivity (Wildman–Crippen MR) is 49.0 cm³/mol. The molecule has 0 amide bonds. The minimum absolute atomic E-state index is 1.13. The van der Waals surface area contributed by atoms with Crippen LogP contribution in [0.3, 0.4) is 0 Å². The van der Waals surface area contributed by atoms with Gasteiger partial charge in [0, 0.05) is 19.4 Å². The molecule has 1 rings (SSSR count). The van der Waals surface area contributed by atoms with Crippen molar-refractivity contribution in [2.45, 2.75) is 20.3 Å². The maximum Gasteiger partial charge on any atom is 0.0106 e. The average Bonchev–Trinajstić information content (AvgIpc) is 2.05. The van der Waals surface area contributed by atoms with E-state index in [2.05, 4.69) is 38.4 Å². The van der Waals surface area contributed by atoms with Crippen LogP contribution < -0.4 is 0 Å². The Morgan fingerprint density at radius 2 is 1.91 bits per heavy atom. The third kappa shape index (κ3) is 1.97. The average molecular weight is 149 g/mol. The molecule has 0 radical (unpaired) electrons. The van der Waals surface area contributed by atoms with Gasteiger partial charge in [0.05, 0.1) is 0 Å². The Bertz CT molecular complexity index is 205.